The predicted octanol–water partition coefficient (Wildman–Crippen LogP) is 5.07. The fourth-order valence-corrected chi connectivity index (χ4v) is 4.65. The van der Waals surface area contributed by atoms with Crippen LogP contribution in [-0.2, 0) is 19.6 Å². The van der Waals surface area contributed by atoms with E-state index >= 15 is 0 Å². The molecule has 1 N–H and O–H groups in total. The van der Waals surface area contributed by atoms with Crippen LogP contribution in [0.15, 0.2) is 30.3 Å². The van der Waals surface area contributed by atoms with Gasteiger partial charge in [0.15, 0.2) is 15.5 Å². The lowest BCUT2D eigenvalue weighted by atomic mass is 9.99. The van der Waals surface area contributed by atoms with Gasteiger partial charge in [0.2, 0.25) is 5.13 Å². The number of hydrogen-bond donors (Lipinski definition) is 1. The molecule has 1 aliphatic heterocycles. The van der Waals surface area contributed by atoms with Gasteiger partial charge in [-0.25, -0.2) is 4.68 Å². The van der Waals surface area contributed by atoms with Crippen LogP contribution in [-0.4, -0.2) is 35.4 Å². The fourth-order valence-electron chi connectivity index (χ4n) is 3.64. The van der Waals surface area contributed by atoms with Gasteiger partial charge in [-0.3, -0.25) is 4.90 Å². The van der Waals surface area contributed by atoms with Crippen molar-refractivity contribution in [3.8, 4) is 11.5 Å². The largest absolute Gasteiger partial charge is 0.493 e. The summed E-state index contributed by atoms with van der Waals surface area (Å²) in [7, 11) is 3.34. The van der Waals surface area contributed by atoms with E-state index in [1.807, 2.05) is 4.68 Å². The topological polar surface area (TPSA) is 51.6 Å². The Morgan fingerprint density at radius 2 is 1.80 bits per heavy atom. The summed E-state index contributed by atoms with van der Waals surface area (Å²) in [6.45, 7) is 6.66. The fraction of sp³-hybridized carbons (Fsp3) is 0.364. The molecule has 0 atom stereocenters. The maximum Gasteiger partial charge on any atom is 0.209 e. The smallest absolute Gasteiger partial charge is 0.209 e. The third-order valence-corrected chi connectivity index (χ3v) is 6.72. The summed E-state index contributed by atoms with van der Waals surface area (Å²) in [6, 6.07) is 10.5. The van der Waals surface area contributed by atoms with Gasteiger partial charge in [0.1, 0.15) is 0 Å². The van der Waals surface area contributed by atoms with Crippen molar-refractivity contribution in [2.24, 2.45) is 0 Å². The number of rotatable bonds is 6. The van der Waals surface area contributed by atoms with E-state index in [1.165, 1.54) is 33.6 Å². The van der Waals surface area contributed by atoms with Crippen molar-refractivity contribution in [3.05, 3.63) is 56.5 Å². The number of hydrogen-bond acceptors (Lipinski definition) is 7. The zero-order valence-electron chi connectivity index (χ0n) is 17.7. The molecule has 4 rings (SSSR count). The Morgan fingerprint density at radius 3 is 2.50 bits per heavy atom. The molecule has 2 aromatic carbocycles. The Hall–Kier alpha value is -2.42. The number of fused-ring (bicyclic) bond motifs is 1. The first kappa shape index (κ1) is 20.8. The molecule has 0 aliphatic carbocycles. The minimum Gasteiger partial charge on any atom is -0.493 e. The number of benzene rings is 2. The minimum atomic E-state index is 0.664. The van der Waals surface area contributed by atoms with Gasteiger partial charge < -0.3 is 14.8 Å². The van der Waals surface area contributed by atoms with E-state index in [1.54, 1.807) is 14.2 Å². The van der Waals surface area contributed by atoms with Crippen molar-refractivity contribution in [2.45, 2.75) is 33.5 Å². The van der Waals surface area contributed by atoms with Crippen LogP contribution in [0.2, 0.25) is 0 Å². The number of ether oxygens (including phenoxy) is 2. The Morgan fingerprint density at radius 1 is 1.07 bits per heavy atom. The first-order chi connectivity index (χ1) is 14.5. The maximum atomic E-state index is 5.57. The Balaban J connectivity index is 1.48. The molecule has 8 heteroatoms. The molecule has 0 fully saturated rings. The van der Waals surface area contributed by atoms with Crippen LogP contribution < -0.4 is 14.8 Å². The van der Waals surface area contributed by atoms with Gasteiger partial charge in [0.25, 0.3) is 0 Å². The van der Waals surface area contributed by atoms with E-state index in [0.717, 1.165) is 45.8 Å². The average Bonchev–Trinajstić information content (AvgIpc) is 3.08. The van der Waals surface area contributed by atoms with Crippen molar-refractivity contribution in [3.63, 3.8) is 0 Å². The van der Waals surface area contributed by atoms with E-state index in [9.17, 15) is 0 Å². The highest BCUT2D eigenvalue weighted by molar-refractivity contribution is 7.73. The second kappa shape index (κ2) is 8.75. The van der Waals surface area contributed by atoms with Crippen LogP contribution >= 0.6 is 23.6 Å². The summed E-state index contributed by atoms with van der Waals surface area (Å²) in [5, 5.41) is 8.90. The molecular weight excluding hydrogens is 416 g/mol. The Kier molecular flexibility index (Phi) is 6.08. The van der Waals surface area contributed by atoms with Crippen LogP contribution in [0.5, 0.6) is 11.5 Å². The van der Waals surface area contributed by atoms with Crippen LogP contribution in [0.3, 0.4) is 0 Å². The number of anilines is 2. The molecule has 1 aromatic heterocycles. The molecule has 0 bridgehead atoms. The van der Waals surface area contributed by atoms with Crippen LogP contribution in [0.1, 0.15) is 22.3 Å². The number of nitrogens with zero attached hydrogens (tertiary/aromatic N) is 3. The molecule has 6 nitrogen and oxygen atoms in total. The van der Waals surface area contributed by atoms with Gasteiger partial charge in [-0.15, -0.1) is 5.10 Å². The third kappa shape index (κ3) is 4.35. The van der Waals surface area contributed by atoms with Gasteiger partial charge in [-0.2, -0.15) is 0 Å². The van der Waals surface area contributed by atoms with Crippen LogP contribution in [0, 0.1) is 17.8 Å². The Bertz CT molecular complexity index is 1120. The summed E-state index contributed by atoms with van der Waals surface area (Å²) in [5.41, 5.74) is 6.12. The minimum absolute atomic E-state index is 0.664. The SMILES string of the molecule is COc1cc2c(cc1OC)CN(Cn1nc(Nc3ccc(C)c(C)c3)sc1=S)CC2. The molecule has 158 valence electrons. The van der Waals surface area contributed by atoms with Crippen molar-refractivity contribution in [1.29, 1.82) is 0 Å². The average molecular weight is 443 g/mol. The summed E-state index contributed by atoms with van der Waals surface area (Å²) in [5.74, 6) is 1.55. The van der Waals surface area contributed by atoms with E-state index in [2.05, 4.69) is 54.4 Å². The number of methoxy groups -OCH3 is 2. The van der Waals surface area contributed by atoms with E-state index < -0.39 is 0 Å². The summed E-state index contributed by atoms with van der Waals surface area (Å²) in [6.07, 6.45) is 0.959. The molecule has 0 saturated heterocycles. The van der Waals surface area contributed by atoms with Gasteiger partial charge in [0.05, 0.1) is 20.9 Å². The normalized spacial score (nSPS) is 13.7. The summed E-state index contributed by atoms with van der Waals surface area (Å²) >= 11 is 7.07. The van der Waals surface area contributed by atoms with Gasteiger partial charge >= 0.3 is 0 Å². The lowest BCUT2D eigenvalue weighted by Crippen LogP contribution is -2.32. The van der Waals surface area contributed by atoms with E-state index in [-0.39, 0.29) is 0 Å². The maximum absolute atomic E-state index is 5.57. The number of nitrogens with one attached hydrogen (secondary N) is 1. The molecule has 0 spiro atoms. The van der Waals surface area contributed by atoms with Crippen molar-refractivity contribution >= 4 is 34.4 Å². The standard InChI is InChI=1S/C22H26N4O2S2/c1-14-5-6-18(9-15(14)2)23-21-24-26(22(29)30-21)13-25-8-7-16-10-19(27-3)20(28-4)11-17(16)12-25/h5-6,9-11H,7-8,12-13H2,1-4H3,(H,23,24). The monoisotopic (exact) mass is 442 g/mol. The van der Waals surface area contributed by atoms with Crippen molar-refractivity contribution in [2.75, 3.05) is 26.1 Å². The van der Waals surface area contributed by atoms with Gasteiger partial charge in [-0.05, 0) is 79.0 Å². The molecule has 2 heterocycles. The van der Waals surface area contributed by atoms with E-state index in [0.29, 0.717) is 6.67 Å². The van der Waals surface area contributed by atoms with E-state index in [4.69, 9.17) is 26.8 Å². The highest BCUT2D eigenvalue weighted by Crippen LogP contribution is 2.33. The van der Waals surface area contributed by atoms with Gasteiger partial charge in [0, 0.05) is 18.8 Å². The predicted molar refractivity (Wildman–Crippen MR) is 124 cm³/mol. The number of aryl methyl sites for hydroxylation is 2. The molecule has 30 heavy (non-hydrogen) atoms. The second-order valence-electron chi connectivity index (χ2n) is 7.52. The van der Waals surface area contributed by atoms with Crippen LogP contribution in [0.25, 0.3) is 0 Å². The van der Waals surface area contributed by atoms with Gasteiger partial charge in [-0.1, -0.05) is 17.4 Å². The molecule has 0 amide bonds. The van der Waals surface area contributed by atoms with Crippen LogP contribution in [0.4, 0.5) is 10.8 Å². The van der Waals surface area contributed by atoms with Crippen molar-refractivity contribution in [1.82, 2.24) is 14.7 Å². The molecule has 3 aromatic rings. The molecule has 1 aliphatic rings. The highest BCUT2D eigenvalue weighted by atomic mass is 32.1. The summed E-state index contributed by atoms with van der Waals surface area (Å²) < 4.78 is 13.6. The number of aromatic nitrogens is 2. The zero-order chi connectivity index (χ0) is 21.3. The summed E-state index contributed by atoms with van der Waals surface area (Å²) in [4.78, 5) is 2.35. The molecule has 0 saturated carbocycles. The molecular formula is C22H26N4O2S2. The second-order valence-corrected chi connectivity index (χ2v) is 9.14. The quantitative estimate of drug-likeness (QED) is 0.538. The zero-order valence-corrected chi connectivity index (χ0v) is 19.3. The lowest BCUT2D eigenvalue weighted by Gasteiger charge is -2.29. The first-order valence-electron chi connectivity index (χ1n) is 9.85. The molecule has 0 radical (unpaired) electrons. The van der Waals surface area contributed by atoms with Crippen molar-refractivity contribution < 1.29 is 9.47 Å². The Labute approximate surface area is 186 Å². The highest BCUT2D eigenvalue weighted by Gasteiger charge is 2.20. The third-order valence-electron chi connectivity index (χ3n) is 5.50. The first-order valence-corrected chi connectivity index (χ1v) is 11.1. The lowest BCUT2D eigenvalue weighted by molar-refractivity contribution is 0.188. The molecule has 0 unspecified atom stereocenters.